The Balaban J connectivity index is 1.99. The zero-order chi connectivity index (χ0) is 9.97. The van der Waals surface area contributed by atoms with Crippen molar-refractivity contribution >= 4 is 17.7 Å². The molecule has 0 aromatic carbocycles. The van der Waals surface area contributed by atoms with Gasteiger partial charge in [0.2, 0.25) is 5.95 Å². The molecule has 0 radical (unpaired) electrons. The Labute approximate surface area is 85.1 Å². The summed E-state index contributed by atoms with van der Waals surface area (Å²) in [6.07, 6.45) is 1.25. The first kappa shape index (κ1) is 9.45. The third-order valence-electron chi connectivity index (χ3n) is 1.96. The number of hydrogen-bond donors (Lipinski definition) is 1. The highest BCUT2D eigenvalue weighted by molar-refractivity contribution is 8.00. The Kier molecular flexibility index (Phi) is 2.67. The van der Waals surface area contributed by atoms with E-state index in [9.17, 15) is 9.18 Å². The number of nitrogens with zero attached hydrogens (tertiary/aromatic N) is 1. The predicted octanol–water partition coefficient (Wildman–Crippen LogP) is 1.07. The maximum absolute atomic E-state index is 12.4. The van der Waals surface area contributed by atoms with Gasteiger partial charge in [-0.15, -0.1) is 0 Å². The molecule has 1 aromatic heterocycles. The molecular weight excluding hydrogens is 203 g/mol. The molecule has 1 aliphatic rings. The van der Waals surface area contributed by atoms with Crippen LogP contribution in [0.4, 0.5) is 4.39 Å². The van der Waals surface area contributed by atoms with E-state index in [1.807, 2.05) is 0 Å². The average molecular weight is 212 g/mol. The van der Waals surface area contributed by atoms with Crippen LogP contribution in [0.5, 0.6) is 0 Å². The molecule has 74 valence electrons. The van der Waals surface area contributed by atoms with Gasteiger partial charge in [0.05, 0.1) is 5.56 Å². The summed E-state index contributed by atoms with van der Waals surface area (Å²) in [6.45, 7) is 0. The number of rotatable bonds is 2. The molecule has 5 heteroatoms. The van der Waals surface area contributed by atoms with Crippen LogP contribution in [0.3, 0.4) is 0 Å². The fraction of sp³-hybridized carbons (Fsp3) is 0.333. The van der Waals surface area contributed by atoms with Crippen LogP contribution in [0.25, 0.3) is 0 Å². The van der Waals surface area contributed by atoms with Crippen molar-refractivity contribution in [2.24, 2.45) is 0 Å². The first-order valence-corrected chi connectivity index (χ1v) is 5.41. The van der Waals surface area contributed by atoms with Crippen molar-refractivity contribution in [1.29, 1.82) is 0 Å². The van der Waals surface area contributed by atoms with Crippen molar-refractivity contribution in [3.63, 3.8) is 0 Å². The number of halogens is 1. The first-order chi connectivity index (χ1) is 6.75. The number of hydrogen-bond acceptors (Lipinski definition) is 3. The first-order valence-electron chi connectivity index (χ1n) is 4.26. The fourth-order valence-electron chi connectivity index (χ4n) is 1.10. The van der Waals surface area contributed by atoms with Gasteiger partial charge in [0, 0.05) is 23.7 Å². The van der Waals surface area contributed by atoms with Gasteiger partial charge in [-0.25, -0.2) is 4.98 Å². The molecule has 2 rings (SSSR count). The zero-order valence-electron chi connectivity index (χ0n) is 7.37. The minimum Gasteiger partial charge on any atom is -0.348 e. The molecule has 0 bridgehead atoms. The van der Waals surface area contributed by atoms with Gasteiger partial charge >= 0.3 is 0 Å². The second-order valence-corrected chi connectivity index (χ2v) is 4.15. The Morgan fingerprint density at radius 3 is 2.86 bits per heavy atom. The summed E-state index contributed by atoms with van der Waals surface area (Å²) >= 11 is 1.79. The van der Waals surface area contributed by atoms with Crippen molar-refractivity contribution in [3.05, 3.63) is 29.8 Å². The highest BCUT2D eigenvalue weighted by Gasteiger charge is 2.20. The van der Waals surface area contributed by atoms with Crippen LogP contribution < -0.4 is 5.32 Å². The Hall–Kier alpha value is -1.10. The summed E-state index contributed by atoms with van der Waals surface area (Å²) in [5.74, 6) is 1.17. The van der Waals surface area contributed by atoms with Gasteiger partial charge in [0.25, 0.3) is 5.91 Å². The smallest absolute Gasteiger partial charge is 0.253 e. The van der Waals surface area contributed by atoms with Crippen molar-refractivity contribution in [1.82, 2.24) is 10.3 Å². The van der Waals surface area contributed by atoms with E-state index in [1.165, 1.54) is 18.3 Å². The monoisotopic (exact) mass is 212 g/mol. The van der Waals surface area contributed by atoms with E-state index < -0.39 is 5.95 Å². The molecule has 0 aliphatic carbocycles. The second-order valence-electron chi connectivity index (χ2n) is 3.08. The van der Waals surface area contributed by atoms with E-state index in [0.717, 1.165) is 11.5 Å². The van der Waals surface area contributed by atoms with Crippen LogP contribution in [0.1, 0.15) is 10.4 Å². The molecule has 1 N–H and O–H groups in total. The number of pyridine rings is 1. The SMILES string of the molecule is O=C(NC1CSC1)c1ccc(F)nc1. The highest BCUT2D eigenvalue weighted by Crippen LogP contribution is 2.17. The lowest BCUT2D eigenvalue weighted by Crippen LogP contribution is -2.43. The number of amides is 1. The van der Waals surface area contributed by atoms with Crippen LogP contribution >= 0.6 is 11.8 Å². The second kappa shape index (κ2) is 3.96. The minimum absolute atomic E-state index is 0.178. The van der Waals surface area contributed by atoms with Gasteiger partial charge < -0.3 is 5.32 Å². The average Bonchev–Trinajstić information content (AvgIpc) is 2.12. The molecule has 2 heterocycles. The van der Waals surface area contributed by atoms with E-state index in [0.29, 0.717) is 5.56 Å². The summed E-state index contributed by atoms with van der Waals surface area (Å²) in [7, 11) is 0. The topological polar surface area (TPSA) is 42.0 Å². The molecule has 1 aliphatic heterocycles. The van der Waals surface area contributed by atoms with E-state index in [1.54, 1.807) is 11.8 Å². The largest absolute Gasteiger partial charge is 0.348 e. The van der Waals surface area contributed by atoms with Crippen LogP contribution in [0.15, 0.2) is 18.3 Å². The Bertz CT molecular complexity index is 337. The summed E-state index contributed by atoms with van der Waals surface area (Å²) in [5.41, 5.74) is 0.406. The van der Waals surface area contributed by atoms with Crippen LogP contribution in [-0.4, -0.2) is 28.4 Å². The van der Waals surface area contributed by atoms with Gasteiger partial charge in [-0.2, -0.15) is 16.2 Å². The molecule has 1 aromatic rings. The third kappa shape index (κ3) is 2.04. The third-order valence-corrected chi connectivity index (χ3v) is 3.24. The van der Waals surface area contributed by atoms with Gasteiger partial charge in [-0.3, -0.25) is 4.79 Å². The molecule has 0 atom stereocenters. The van der Waals surface area contributed by atoms with E-state index in [4.69, 9.17) is 0 Å². The quantitative estimate of drug-likeness (QED) is 0.745. The van der Waals surface area contributed by atoms with Crippen LogP contribution in [0, 0.1) is 5.95 Å². The summed E-state index contributed by atoms with van der Waals surface area (Å²) < 4.78 is 12.4. The van der Waals surface area contributed by atoms with Gasteiger partial charge in [0.1, 0.15) is 0 Å². The number of carbonyl (C=O) groups is 1. The summed E-state index contributed by atoms with van der Waals surface area (Å²) in [5, 5.41) is 2.83. The molecule has 0 unspecified atom stereocenters. The number of thioether (sulfide) groups is 1. The van der Waals surface area contributed by atoms with E-state index >= 15 is 0 Å². The molecular formula is C9H9FN2OS. The number of nitrogens with one attached hydrogen (secondary N) is 1. The van der Waals surface area contributed by atoms with Crippen molar-refractivity contribution < 1.29 is 9.18 Å². The van der Waals surface area contributed by atoms with Gasteiger partial charge in [-0.1, -0.05) is 0 Å². The molecule has 1 saturated heterocycles. The molecule has 0 saturated carbocycles. The maximum Gasteiger partial charge on any atom is 0.253 e. The lowest BCUT2D eigenvalue weighted by molar-refractivity contribution is 0.0942. The standard InChI is InChI=1S/C9H9FN2OS/c10-8-2-1-6(3-11-8)9(13)12-7-4-14-5-7/h1-3,7H,4-5H2,(H,12,13). The van der Waals surface area contributed by atoms with Crippen LogP contribution in [-0.2, 0) is 0 Å². The highest BCUT2D eigenvalue weighted by atomic mass is 32.2. The van der Waals surface area contributed by atoms with E-state index in [-0.39, 0.29) is 11.9 Å². The van der Waals surface area contributed by atoms with Crippen molar-refractivity contribution in [2.75, 3.05) is 11.5 Å². The lowest BCUT2D eigenvalue weighted by Gasteiger charge is -2.25. The summed E-state index contributed by atoms with van der Waals surface area (Å²) in [6, 6.07) is 2.88. The minimum atomic E-state index is -0.569. The molecule has 0 spiro atoms. The number of carbonyl (C=O) groups excluding carboxylic acids is 1. The number of aromatic nitrogens is 1. The van der Waals surface area contributed by atoms with E-state index in [2.05, 4.69) is 10.3 Å². The summed E-state index contributed by atoms with van der Waals surface area (Å²) in [4.78, 5) is 14.9. The predicted molar refractivity (Wildman–Crippen MR) is 52.8 cm³/mol. The molecule has 14 heavy (non-hydrogen) atoms. The molecule has 1 fully saturated rings. The normalized spacial score (nSPS) is 16.1. The molecule has 3 nitrogen and oxygen atoms in total. The lowest BCUT2D eigenvalue weighted by atomic mass is 10.2. The van der Waals surface area contributed by atoms with Crippen LogP contribution in [0.2, 0.25) is 0 Å². The van der Waals surface area contributed by atoms with Gasteiger partial charge in [-0.05, 0) is 12.1 Å². The van der Waals surface area contributed by atoms with Gasteiger partial charge in [0.15, 0.2) is 0 Å². The maximum atomic E-state index is 12.4. The van der Waals surface area contributed by atoms with Crippen molar-refractivity contribution in [3.8, 4) is 0 Å². The Morgan fingerprint density at radius 2 is 2.36 bits per heavy atom. The van der Waals surface area contributed by atoms with Crippen molar-refractivity contribution in [2.45, 2.75) is 6.04 Å². The Morgan fingerprint density at radius 1 is 1.57 bits per heavy atom. The molecule has 1 amide bonds. The fourth-order valence-corrected chi connectivity index (χ4v) is 1.74. The zero-order valence-corrected chi connectivity index (χ0v) is 8.18.